The van der Waals surface area contributed by atoms with Crippen LogP contribution in [0.2, 0.25) is 0 Å². The molecule has 8 nitrogen and oxygen atoms in total. The number of imidazole rings is 1. The minimum Gasteiger partial charge on any atom is -0.490 e. The Morgan fingerprint density at radius 2 is 2.13 bits per heavy atom. The van der Waals surface area contributed by atoms with E-state index in [1.165, 1.54) is 6.20 Å². The van der Waals surface area contributed by atoms with Crippen molar-refractivity contribution in [2.45, 2.75) is 26.0 Å². The van der Waals surface area contributed by atoms with Gasteiger partial charge in [-0.15, -0.1) is 0 Å². The summed E-state index contributed by atoms with van der Waals surface area (Å²) in [6, 6.07) is 5.27. The predicted octanol–water partition coefficient (Wildman–Crippen LogP) is 1.99. The van der Waals surface area contributed by atoms with Crippen LogP contribution in [0.15, 0.2) is 24.4 Å². The molecule has 0 radical (unpaired) electrons. The molecule has 0 spiro atoms. The average Bonchev–Trinajstić information content (AvgIpc) is 2.75. The molecule has 1 aromatic carbocycles. The summed E-state index contributed by atoms with van der Waals surface area (Å²) in [6.45, 7) is 3.01. The van der Waals surface area contributed by atoms with Crippen molar-refractivity contribution in [2.75, 3.05) is 13.2 Å². The first-order valence-corrected chi connectivity index (χ1v) is 7.30. The van der Waals surface area contributed by atoms with Gasteiger partial charge in [-0.05, 0) is 27.6 Å². The molecule has 1 N–H and O–H groups in total. The van der Waals surface area contributed by atoms with Gasteiger partial charge in [0.1, 0.15) is 6.20 Å². The van der Waals surface area contributed by atoms with Crippen LogP contribution in [0, 0.1) is 17.0 Å². The van der Waals surface area contributed by atoms with E-state index in [0.29, 0.717) is 36.1 Å². The number of rotatable bonds is 4. The zero-order valence-corrected chi connectivity index (χ0v) is 12.6. The Labute approximate surface area is 132 Å². The van der Waals surface area contributed by atoms with Crippen LogP contribution in [-0.2, 0) is 6.54 Å². The molecular weight excluding hydrogens is 302 g/mol. The van der Waals surface area contributed by atoms with Gasteiger partial charge in [0.2, 0.25) is 5.82 Å². The number of fused-ring (bicyclic) bond motifs is 1. The van der Waals surface area contributed by atoms with Gasteiger partial charge in [0, 0.05) is 13.3 Å². The monoisotopic (exact) mass is 319 g/mol. The third kappa shape index (κ3) is 3.26. The Hall–Kier alpha value is -2.61. The maximum absolute atomic E-state index is 10.8. The molecule has 3 rings (SSSR count). The molecule has 1 aromatic heterocycles. The van der Waals surface area contributed by atoms with E-state index in [9.17, 15) is 15.2 Å². The van der Waals surface area contributed by atoms with E-state index in [1.807, 2.05) is 0 Å². The largest absolute Gasteiger partial charge is 0.490 e. The predicted molar refractivity (Wildman–Crippen MR) is 80.6 cm³/mol. The Morgan fingerprint density at radius 3 is 2.83 bits per heavy atom. The smallest absolute Gasteiger partial charge is 0.381 e. The first-order valence-electron chi connectivity index (χ1n) is 7.30. The average molecular weight is 319 g/mol. The molecule has 0 aliphatic carbocycles. The lowest BCUT2D eigenvalue weighted by molar-refractivity contribution is -0.389. The van der Waals surface area contributed by atoms with Crippen LogP contribution in [0.3, 0.4) is 0 Å². The van der Waals surface area contributed by atoms with Gasteiger partial charge in [-0.1, -0.05) is 6.07 Å². The van der Waals surface area contributed by atoms with Crippen LogP contribution < -0.4 is 9.47 Å². The minimum atomic E-state index is -0.834. The summed E-state index contributed by atoms with van der Waals surface area (Å²) in [5.74, 6) is 1.51. The number of aliphatic hydroxyl groups excluding tert-OH is 1. The number of benzene rings is 1. The second-order valence-electron chi connectivity index (χ2n) is 5.33. The van der Waals surface area contributed by atoms with E-state index in [-0.39, 0.29) is 12.4 Å². The topological polar surface area (TPSA) is 99.7 Å². The second kappa shape index (κ2) is 6.25. The molecule has 1 atom stereocenters. The molecule has 2 aromatic rings. The van der Waals surface area contributed by atoms with Crippen LogP contribution in [0.1, 0.15) is 23.9 Å². The van der Waals surface area contributed by atoms with Crippen molar-refractivity contribution in [1.29, 1.82) is 0 Å². The van der Waals surface area contributed by atoms with E-state index in [0.717, 1.165) is 6.42 Å². The van der Waals surface area contributed by atoms with Crippen molar-refractivity contribution in [3.8, 4) is 11.5 Å². The highest BCUT2D eigenvalue weighted by Gasteiger charge is 2.19. The molecule has 0 saturated carbocycles. The quantitative estimate of drug-likeness (QED) is 0.683. The van der Waals surface area contributed by atoms with Crippen LogP contribution in [-0.4, -0.2) is 32.8 Å². The number of nitro groups is 1. The van der Waals surface area contributed by atoms with Crippen molar-refractivity contribution in [3.05, 3.63) is 45.9 Å². The zero-order valence-electron chi connectivity index (χ0n) is 12.6. The number of nitrogens with zero attached hydrogens (tertiary/aromatic N) is 3. The fourth-order valence-corrected chi connectivity index (χ4v) is 2.44. The Kier molecular flexibility index (Phi) is 4.16. The molecule has 0 fully saturated rings. The van der Waals surface area contributed by atoms with Crippen LogP contribution in [0.4, 0.5) is 5.82 Å². The highest BCUT2D eigenvalue weighted by Crippen LogP contribution is 2.32. The SMILES string of the molecule is Cc1nc([N+](=O)[O-])cn1CC(O)c1ccc2c(c1)OCCCO2. The van der Waals surface area contributed by atoms with E-state index < -0.39 is 11.0 Å². The van der Waals surface area contributed by atoms with Crippen molar-refractivity contribution in [3.63, 3.8) is 0 Å². The Morgan fingerprint density at radius 1 is 1.39 bits per heavy atom. The van der Waals surface area contributed by atoms with Gasteiger partial charge in [0.25, 0.3) is 0 Å². The first-order chi connectivity index (χ1) is 11.0. The lowest BCUT2D eigenvalue weighted by Crippen LogP contribution is -2.09. The third-order valence-electron chi connectivity index (χ3n) is 3.68. The second-order valence-corrected chi connectivity index (χ2v) is 5.33. The molecule has 23 heavy (non-hydrogen) atoms. The maximum Gasteiger partial charge on any atom is 0.381 e. The number of aryl methyl sites for hydroxylation is 1. The fraction of sp³-hybridized carbons (Fsp3) is 0.400. The molecule has 1 aliphatic heterocycles. The van der Waals surface area contributed by atoms with Gasteiger partial charge in [0.05, 0.1) is 25.9 Å². The van der Waals surface area contributed by atoms with Gasteiger partial charge < -0.3 is 29.3 Å². The summed E-state index contributed by atoms with van der Waals surface area (Å²) in [5, 5.41) is 21.2. The Balaban J connectivity index is 1.79. The van der Waals surface area contributed by atoms with Gasteiger partial charge in [-0.2, -0.15) is 0 Å². The van der Waals surface area contributed by atoms with E-state index in [1.54, 1.807) is 29.7 Å². The summed E-state index contributed by atoms with van der Waals surface area (Å²) in [7, 11) is 0. The number of aliphatic hydroxyl groups is 1. The van der Waals surface area contributed by atoms with Crippen molar-refractivity contribution >= 4 is 5.82 Å². The highest BCUT2D eigenvalue weighted by atomic mass is 16.6. The Bertz CT molecular complexity index is 728. The summed E-state index contributed by atoms with van der Waals surface area (Å²) in [5.41, 5.74) is 0.657. The number of hydrogen-bond donors (Lipinski definition) is 1. The number of aromatic nitrogens is 2. The minimum absolute atomic E-state index is 0.173. The van der Waals surface area contributed by atoms with Crippen molar-refractivity contribution in [1.82, 2.24) is 9.55 Å². The van der Waals surface area contributed by atoms with Gasteiger partial charge in [-0.3, -0.25) is 0 Å². The molecule has 1 unspecified atom stereocenters. The molecule has 0 amide bonds. The molecular formula is C15H17N3O5. The van der Waals surface area contributed by atoms with Gasteiger partial charge in [0.15, 0.2) is 11.5 Å². The molecule has 122 valence electrons. The van der Waals surface area contributed by atoms with Crippen LogP contribution in [0.5, 0.6) is 11.5 Å². The lowest BCUT2D eigenvalue weighted by atomic mass is 10.1. The first kappa shape index (κ1) is 15.3. The van der Waals surface area contributed by atoms with Crippen LogP contribution in [0.25, 0.3) is 0 Å². The third-order valence-corrected chi connectivity index (χ3v) is 3.68. The molecule has 0 bridgehead atoms. The van der Waals surface area contributed by atoms with Crippen molar-refractivity contribution in [2.24, 2.45) is 0 Å². The summed E-state index contributed by atoms with van der Waals surface area (Å²) in [4.78, 5) is 14.0. The van der Waals surface area contributed by atoms with Gasteiger partial charge in [-0.25, -0.2) is 0 Å². The lowest BCUT2D eigenvalue weighted by Gasteiger charge is -2.14. The number of hydrogen-bond acceptors (Lipinski definition) is 6. The molecule has 1 aliphatic rings. The summed E-state index contributed by atoms with van der Waals surface area (Å²) < 4.78 is 12.7. The maximum atomic E-state index is 10.8. The highest BCUT2D eigenvalue weighted by molar-refractivity contribution is 5.44. The molecule has 8 heteroatoms. The standard InChI is InChI=1S/C15H17N3O5/c1-10-16-15(18(20)21)9-17(10)8-12(19)11-3-4-13-14(7-11)23-6-2-5-22-13/h3-4,7,9,12,19H,2,5-6,8H2,1H3. The number of ether oxygens (including phenoxy) is 2. The molecule has 2 heterocycles. The van der Waals surface area contributed by atoms with Crippen molar-refractivity contribution < 1.29 is 19.5 Å². The van der Waals surface area contributed by atoms with Gasteiger partial charge >= 0.3 is 5.82 Å². The normalized spacial score (nSPS) is 15.0. The fourth-order valence-electron chi connectivity index (χ4n) is 2.44. The van der Waals surface area contributed by atoms with E-state index >= 15 is 0 Å². The summed E-state index contributed by atoms with van der Waals surface area (Å²) in [6.07, 6.45) is 1.30. The zero-order chi connectivity index (χ0) is 16.4. The van der Waals surface area contributed by atoms with E-state index in [4.69, 9.17) is 9.47 Å². The van der Waals surface area contributed by atoms with E-state index in [2.05, 4.69) is 4.98 Å². The molecule has 0 saturated heterocycles. The summed E-state index contributed by atoms with van der Waals surface area (Å²) >= 11 is 0. The van der Waals surface area contributed by atoms with Crippen LogP contribution >= 0.6 is 0 Å².